The van der Waals surface area contributed by atoms with Crippen molar-refractivity contribution in [2.24, 2.45) is 10.9 Å². The van der Waals surface area contributed by atoms with E-state index in [1.54, 1.807) is 24.3 Å². The highest BCUT2D eigenvalue weighted by Gasteiger charge is 2.12. The molecule has 3 rings (SSSR count). The largest absolute Gasteiger partial charge is 0.493 e. The van der Waals surface area contributed by atoms with Crippen molar-refractivity contribution < 1.29 is 14.4 Å². The molecular weight excluding hydrogens is 292 g/mol. The van der Waals surface area contributed by atoms with Gasteiger partial charge in [0.05, 0.1) is 12.3 Å². The number of hydrogen-bond donors (Lipinski definition) is 1. The number of carbonyl (C=O) groups excluding carboxylic acids is 1. The molecule has 1 aliphatic rings. The van der Waals surface area contributed by atoms with Crippen LogP contribution in [0.5, 0.6) is 5.75 Å². The van der Waals surface area contributed by atoms with Crippen LogP contribution < -0.4 is 10.5 Å². The molecule has 0 saturated heterocycles. The van der Waals surface area contributed by atoms with E-state index in [1.165, 1.54) is 5.56 Å². The summed E-state index contributed by atoms with van der Waals surface area (Å²) in [4.78, 5) is 16.4. The summed E-state index contributed by atoms with van der Waals surface area (Å²) >= 11 is 0. The van der Waals surface area contributed by atoms with Gasteiger partial charge in [-0.2, -0.15) is 0 Å². The number of hydrogen-bond acceptors (Lipinski definition) is 4. The number of fused-ring (bicyclic) bond motifs is 1. The Morgan fingerprint density at radius 2 is 1.96 bits per heavy atom. The molecule has 1 heterocycles. The van der Waals surface area contributed by atoms with Crippen LogP contribution in [-0.4, -0.2) is 18.2 Å². The molecule has 0 saturated carbocycles. The van der Waals surface area contributed by atoms with E-state index >= 15 is 0 Å². The second kappa shape index (κ2) is 6.52. The van der Waals surface area contributed by atoms with Gasteiger partial charge in [0, 0.05) is 12.0 Å². The summed E-state index contributed by atoms with van der Waals surface area (Å²) in [6.45, 7) is 2.99. The summed E-state index contributed by atoms with van der Waals surface area (Å²) in [5.41, 5.74) is 9.66. The van der Waals surface area contributed by atoms with Crippen LogP contribution in [-0.2, 0) is 17.9 Å². The standard InChI is InChI=1S/C18H18N2O3/c1-12(15-6-7-17-16(10-15)8-9-22-17)20-23-11-13-2-4-14(5-3-13)18(19)21/h2-7,10H,8-9,11H2,1H3,(H2,19,21). The first kappa shape index (κ1) is 15.1. The number of benzene rings is 2. The molecule has 0 fully saturated rings. The van der Waals surface area contributed by atoms with E-state index in [-0.39, 0.29) is 0 Å². The molecular formula is C18H18N2O3. The molecule has 0 radical (unpaired) electrons. The van der Waals surface area contributed by atoms with Gasteiger partial charge < -0.3 is 15.3 Å². The Labute approximate surface area is 134 Å². The van der Waals surface area contributed by atoms with Gasteiger partial charge in [0.15, 0.2) is 0 Å². The molecule has 118 valence electrons. The Bertz CT molecular complexity index is 751. The molecule has 0 bridgehead atoms. The number of amides is 1. The van der Waals surface area contributed by atoms with Gasteiger partial charge in [-0.15, -0.1) is 0 Å². The van der Waals surface area contributed by atoms with E-state index in [4.69, 9.17) is 15.3 Å². The smallest absolute Gasteiger partial charge is 0.248 e. The molecule has 0 spiro atoms. The first-order chi connectivity index (χ1) is 11.1. The first-order valence-corrected chi connectivity index (χ1v) is 7.45. The second-order valence-electron chi connectivity index (χ2n) is 5.43. The van der Waals surface area contributed by atoms with Gasteiger partial charge in [-0.05, 0) is 53.9 Å². The van der Waals surface area contributed by atoms with Gasteiger partial charge >= 0.3 is 0 Å². The average molecular weight is 310 g/mol. The van der Waals surface area contributed by atoms with Gasteiger partial charge in [-0.3, -0.25) is 4.79 Å². The zero-order valence-electron chi connectivity index (χ0n) is 12.9. The Kier molecular flexibility index (Phi) is 4.28. The van der Waals surface area contributed by atoms with Crippen molar-refractivity contribution in [3.05, 3.63) is 64.7 Å². The summed E-state index contributed by atoms with van der Waals surface area (Å²) in [7, 11) is 0. The lowest BCUT2D eigenvalue weighted by atomic mass is 10.1. The van der Waals surface area contributed by atoms with E-state index in [1.807, 2.05) is 19.1 Å². The number of nitrogens with zero attached hydrogens (tertiary/aromatic N) is 1. The minimum absolute atomic E-state index is 0.338. The van der Waals surface area contributed by atoms with E-state index in [0.717, 1.165) is 35.6 Å². The minimum atomic E-state index is -0.438. The van der Waals surface area contributed by atoms with Gasteiger partial charge in [-0.25, -0.2) is 0 Å². The molecule has 2 aromatic rings. The van der Waals surface area contributed by atoms with Gasteiger partial charge in [0.2, 0.25) is 5.91 Å². The Morgan fingerprint density at radius 3 is 2.70 bits per heavy atom. The van der Waals surface area contributed by atoms with Crippen molar-refractivity contribution in [3.63, 3.8) is 0 Å². The number of primary amides is 1. The summed E-state index contributed by atoms with van der Waals surface area (Å²) < 4.78 is 5.49. The quantitative estimate of drug-likeness (QED) is 0.681. The van der Waals surface area contributed by atoms with Gasteiger partial charge in [-0.1, -0.05) is 17.3 Å². The number of ether oxygens (including phenoxy) is 1. The highest BCUT2D eigenvalue weighted by atomic mass is 16.6. The molecule has 0 aliphatic carbocycles. The van der Waals surface area contributed by atoms with Crippen molar-refractivity contribution in [1.82, 2.24) is 0 Å². The Balaban J connectivity index is 1.62. The maximum absolute atomic E-state index is 11.0. The van der Waals surface area contributed by atoms with E-state index in [9.17, 15) is 4.79 Å². The lowest BCUT2D eigenvalue weighted by molar-refractivity contribution is 0.1000. The van der Waals surface area contributed by atoms with E-state index in [2.05, 4.69) is 11.2 Å². The second-order valence-corrected chi connectivity index (χ2v) is 5.43. The zero-order chi connectivity index (χ0) is 16.2. The van der Waals surface area contributed by atoms with Crippen molar-refractivity contribution in [2.75, 3.05) is 6.61 Å². The monoisotopic (exact) mass is 310 g/mol. The third kappa shape index (κ3) is 3.51. The van der Waals surface area contributed by atoms with Crippen LogP contribution in [0.4, 0.5) is 0 Å². The molecule has 0 atom stereocenters. The topological polar surface area (TPSA) is 73.9 Å². The lowest BCUT2D eigenvalue weighted by Gasteiger charge is -2.05. The van der Waals surface area contributed by atoms with Crippen LogP contribution in [0.2, 0.25) is 0 Å². The summed E-state index contributed by atoms with van der Waals surface area (Å²) in [6, 6.07) is 13.0. The summed E-state index contributed by atoms with van der Waals surface area (Å²) in [5.74, 6) is 0.518. The predicted molar refractivity (Wildman–Crippen MR) is 87.6 cm³/mol. The van der Waals surface area contributed by atoms with E-state index in [0.29, 0.717) is 12.2 Å². The number of carbonyl (C=O) groups is 1. The number of nitrogens with two attached hydrogens (primary N) is 1. The molecule has 23 heavy (non-hydrogen) atoms. The molecule has 2 N–H and O–H groups in total. The van der Waals surface area contributed by atoms with Crippen LogP contribution in [0.3, 0.4) is 0 Å². The lowest BCUT2D eigenvalue weighted by Crippen LogP contribution is -2.10. The summed E-state index contributed by atoms with van der Waals surface area (Å²) in [6.07, 6.45) is 0.934. The van der Waals surface area contributed by atoms with Crippen molar-refractivity contribution in [2.45, 2.75) is 20.0 Å². The average Bonchev–Trinajstić information content (AvgIpc) is 3.02. The van der Waals surface area contributed by atoms with Crippen LogP contribution in [0, 0.1) is 0 Å². The third-order valence-corrected chi connectivity index (χ3v) is 3.78. The van der Waals surface area contributed by atoms with Crippen LogP contribution in [0.25, 0.3) is 0 Å². The van der Waals surface area contributed by atoms with Gasteiger partial charge in [0.25, 0.3) is 0 Å². The molecule has 1 amide bonds. The molecule has 5 nitrogen and oxygen atoms in total. The van der Waals surface area contributed by atoms with Crippen molar-refractivity contribution in [3.8, 4) is 5.75 Å². The zero-order valence-corrected chi connectivity index (χ0v) is 12.9. The highest BCUT2D eigenvalue weighted by molar-refractivity contribution is 5.98. The fourth-order valence-corrected chi connectivity index (χ4v) is 2.43. The van der Waals surface area contributed by atoms with Crippen LogP contribution in [0.15, 0.2) is 47.6 Å². The van der Waals surface area contributed by atoms with Crippen molar-refractivity contribution >= 4 is 11.6 Å². The Morgan fingerprint density at radius 1 is 1.22 bits per heavy atom. The molecule has 1 aliphatic heterocycles. The minimum Gasteiger partial charge on any atom is -0.493 e. The summed E-state index contributed by atoms with van der Waals surface area (Å²) in [5, 5.41) is 4.16. The van der Waals surface area contributed by atoms with Crippen LogP contribution >= 0.6 is 0 Å². The first-order valence-electron chi connectivity index (χ1n) is 7.45. The van der Waals surface area contributed by atoms with Gasteiger partial charge in [0.1, 0.15) is 12.4 Å². The number of oxime groups is 1. The Hall–Kier alpha value is -2.82. The predicted octanol–water partition coefficient (Wildman–Crippen LogP) is 2.66. The van der Waals surface area contributed by atoms with Crippen molar-refractivity contribution in [1.29, 1.82) is 0 Å². The fraction of sp³-hybridized carbons (Fsp3) is 0.222. The molecule has 5 heteroatoms. The number of rotatable bonds is 5. The SMILES string of the molecule is CC(=NOCc1ccc(C(N)=O)cc1)c1ccc2c(c1)CCO2. The van der Waals surface area contributed by atoms with Crippen LogP contribution in [0.1, 0.15) is 34.0 Å². The molecule has 2 aromatic carbocycles. The highest BCUT2D eigenvalue weighted by Crippen LogP contribution is 2.26. The van der Waals surface area contributed by atoms with E-state index < -0.39 is 5.91 Å². The fourth-order valence-electron chi connectivity index (χ4n) is 2.43. The maximum Gasteiger partial charge on any atom is 0.248 e. The maximum atomic E-state index is 11.0. The third-order valence-electron chi connectivity index (χ3n) is 3.78. The molecule has 0 aromatic heterocycles. The molecule has 0 unspecified atom stereocenters. The normalized spacial score (nSPS) is 13.3.